The van der Waals surface area contributed by atoms with Crippen molar-refractivity contribution in [2.75, 3.05) is 21.0 Å². The number of hydrogen-bond acceptors (Lipinski definition) is 8. The van der Waals surface area contributed by atoms with Crippen molar-refractivity contribution in [3.8, 4) is 23.3 Å². The molecule has 1 N–H and O–H groups in total. The van der Waals surface area contributed by atoms with Gasteiger partial charge in [0.25, 0.3) is 11.8 Å². The summed E-state index contributed by atoms with van der Waals surface area (Å²) in [6.07, 6.45) is -1.11. The summed E-state index contributed by atoms with van der Waals surface area (Å²) < 4.78 is 21.3. The van der Waals surface area contributed by atoms with Crippen molar-refractivity contribution in [2.45, 2.75) is 6.10 Å². The van der Waals surface area contributed by atoms with Crippen molar-refractivity contribution in [3.05, 3.63) is 28.0 Å². The Balaban J connectivity index is 1.99. The Labute approximate surface area is 134 Å². The van der Waals surface area contributed by atoms with E-state index in [0.29, 0.717) is 21.5 Å². The highest BCUT2D eigenvalue weighted by Crippen LogP contribution is 2.40. The predicted octanol–water partition coefficient (Wildman–Crippen LogP) is 1.46. The molecule has 1 unspecified atom stereocenters. The fourth-order valence-corrected chi connectivity index (χ4v) is 2.51. The first-order valence-corrected chi connectivity index (χ1v) is 7.03. The van der Waals surface area contributed by atoms with Crippen LogP contribution in [0.15, 0.2) is 16.6 Å². The minimum Gasteiger partial charge on any atom is -0.477 e. The number of methoxy groups -OCH3 is 2. The van der Waals surface area contributed by atoms with Crippen LogP contribution >= 0.6 is 15.9 Å². The molecular weight excluding hydrogens is 358 g/mol. The van der Waals surface area contributed by atoms with Gasteiger partial charge in [-0.15, -0.1) is 10.2 Å². The van der Waals surface area contributed by atoms with Crippen LogP contribution < -0.4 is 18.9 Å². The third-order valence-electron chi connectivity index (χ3n) is 3.06. The SMILES string of the molecule is COc1nnc(C(O)c2cc3c(cc2Br)OCO3)nc1OC. The molecule has 1 aromatic heterocycles. The summed E-state index contributed by atoms with van der Waals surface area (Å²) in [6.45, 7) is 0.149. The lowest BCUT2D eigenvalue weighted by Gasteiger charge is -2.13. The summed E-state index contributed by atoms with van der Waals surface area (Å²) in [5.74, 6) is 1.52. The van der Waals surface area contributed by atoms with Crippen molar-refractivity contribution < 1.29 is 24.1 Å². The molecule has 2 heterocycles. The topological polar surface area (TPSA) is 95.8 Å². The molecule has 0 bridgehead atoms. The Kier molecular flexibility index (Phi) is 3.99. The average molecular weight is 370 g/mol. The summed E-state index contributed by atoms with van der Waals surface area (Å²) in [5, 5.41) is 18.2. The summed E-state index contributed by atoms with van der Waals surface area (Å²) in [5.41, 5.74) is 0.526. The number of fused-ring (bicyclic) bond motifs is 1. The molecule has 1 aliphatic rings. The highest BCUT2D eigenvalue weighted by Gasteiger charge is 2.24. The summed E-state index contributed by atoms with van der Waals surface area (Å²) in [6, 6.07) is 3.38. The number of aromatic nitrogens is 3. The van der Waals surface area contributed by atoms with Crippen molar-refractivity contribution in [1.29, 1.82) is 0 Å². The van der Waals surface area contributed by atoms with Gasteiger partial charge in [0, 0.05) is 10.0 Å². The maximum absolute atomic E-state index is 10.5. The molecule has 2 aromatic rings. The second-order valence-corrected chi connectivity index (χ2v) is 5.17. The Morgan fingerprint density at radius 3 is 2.50 bits per heavy atom. The van der Waals surface area contributed by atoms with E-state index < -0.39 is 6.10 Å². The second kappa shape index (κ2) is 5.93. The van der Waals surface area contributed by atoms with Gasteiger partial charge >= 0.3 is 0 Å². The Morgan fingerprint density at radius 1 is 1.14 bits per heavy atom. The smallest absolute Gasteiger partial charge is 0.296 e. The second-order valence-electron chi connectivity index (χ2n) is 4.32. The molecule has 0 radical (unpaired) electrons. The molecule has 0 amide bonds. The van der Waals surface area contributed by atoms with Crippen LogP contribution in [-0.2, 0) is 0 Å². The minimum atomic E-state index is -1.11. The Morgan fingerprint density at radius 2 is 1.82 bits per heavy atom. The van der Waals surface area contributed by atoms with E-state index in [1.165, 1.54) is 14.2 Å². The van der Waals surface area contributed by atoms with Crippen molar-refractivity contribution in [1.82, 2.24) is 15.2 Å². The van der Waals surface area contributed by atoms with E-state index in [9.17, 15) is 5.11 Å². The molecule has 8 nitrogen and oxygen atoms in total. The van der Waals surface area contributed by atoms with Crippen molar-refractivity contribution in [3.63, 3.8) is 0 Å². The quantitative estimate of drug-likeness (QED) is 0.865. The van der Waals surface area contributed by atoms with Gasteiger partial charge in [-0.3, -0.25) is 0 Å². The van der Waals surface area contributed by atoms with Crippen LogP contribution in [0.25, 0.3) is 0 Å². The molecule has 1 aromatic carbocycles. The van der Waals surface area contributed by atoms with E-state index in [-0.39, 0.29) is 24.4 Å². The zero-order chi connectivity index (χ0) is 15.7. The minimum absolute atomic E-state index is 0.0808. The molecule has 0 spiro atoms. The maximum Gasteiger partial charge on any atom is 0.296 e. The largest absolute Gasteiger partial charge is 0.477 e. The normalized spacial score (nSPS) is 13.8. The molecule has 0 fully saturated rings. The molecule has 1 aliphatic heterocycles. The van der Waals surface area contributed by atoms with E-state index in [1.54, 1.807) is 12.1 Å². The van der Waals surface area contributed by atoms with Gasteiger partial charge < -0.3 is 24.1 Å². The van der Waals surface area contributed by atoms with E-state index in [2.05, 4.69) is 31.1 Å². The van der Waals surface area contributed by atoms with Gasteiger partial charge in [-0.25, -0.2) is 0 Å². The zero-order valence-electron chi connectivity index (χ0n) is 11.7. The maximum atomic E-state index is 10.5. The van der Waals surface area contributed by atoms with E-state index in [0.717, 1.165) is 0 Å². The highest BCUT2D eigenvalue weighted by atomic mass is 79.9. The number of nitrogens with zero attached hydrogens (tertiary/aromatic N) is 3. The van der Waals surface area contributed by atoms with Gasteiger partial charge in [-0.1, -0.05) is 15.9 Å². The zero-order valence-corrected chi connectivity index (χ0v) is 13.3. The molecule has 9 heteroatoms. The average Bonchev–Trinajstić information content (AvgIpc) is 2.99. The molecule has 1 atom stereocenters. The molecule has 0 aliphatic carbocycles. The van der Waals surface area contributed by atoms with Crippen molar-refractivity contribution in [2.24, 2.45) is 0 Å². The number of halogens is 1. The number of benzene rings is 1. The summed E-state index contributed by atoms with van der Waals surface area (Å²) in [7, 11) is 2.86. The van der Waals surface area contributed by atoms with Crippen LogP contribution in [0.3, 0.4) is 0 Å². The molecule has 116 valence electrons. The van der Waals surface area contributed by atoms with Crippen LogP contribution in [0.5, 0.6) is 23.3 Å². The van der Waals surface area contributed by atoms with Crippen LogP contribution in [0.2, 0.25) is 0 Å². The summed E-state index contributed by atoms with van der Waals surface area (Å²) >= 11 is 3.38. The van der Waals surface area contributed by atoms with Crippen LogP contribution in [0, 0.1) is 0 Å². The van der Waals surface area contributed by atoms with Gasteiger partial charge in [0.05, 0.1) is 14.2 Å². The third-order valence-corrected chi connectivity index (χ3v) is 3.75. The van der Waals surface area contributed by atoms with Gasteiger partial charge in [0.2, 0.25) is 6.79 Å². The van der Waals surface area contributed by atoms with Crippen LogP contribution in [0.4, 0.5) is 0 Å². The first-order chi connectivity index (χ1) is 10.6. The number of aliphatic hydroxyl groups is 1. The lowest BCUT2D eigenvalue weighted by atomic mass is 10.1. The Bertz CT molecular complexity index is 712. The van der Waals surface area contributed by atoms with Gasteiger partial charge in [-0.2, -0.15) is 4.98 Å². The van der Waals surface area contributed by atoms with Crippen LogP contribution in [0.1, 0.15) is 17.5 Å². The van der Waals surface area contributed by atoms with E-state index in [1.807, 2.05) is 0 Å². The summed E-state index contributed by atoms with van der Waals surface area (Å²) in [4.78, 5) is 4.11. The van der Waals surface area contributed by atoms with Gasteiger partial charge in [-0.05, 0) is 12.1 Å². The van der Waals surface area contributed by atoms with E-state index >= 15 is 0 Å². The lowest BCUT2D eigenvalue weighted by Crippen LogP contribution is -2.10. The number of aliphatic hydroxyl groups excluding tert-OH is 1. The molecule has 0 saturated heterocycles. The molecule has 22 heavy (non-hydrogen) atoms. The fourth-order valence-electron chi connectivity index (χ4n) is 1.97. The van der Waals surface area contributed by atoms with Gasteiger partial charge in [0.15, 0.2) is 17.3 Å². The predicted molar refractivity (Wildman–Crippen MR) is 77.3 cm³/mol. The monoisotopic (exact) mass is 369 g/mol. The molecule has 0 saturated carbocycles. The standard InChI is InChI=1S/C13H12BrN3O5/c1-19-12-13(20-2)17-16-11(15-12)10(18)6-3-8-9(4-7(6)14)22-5-21-8/h3-4,10,18H,5H2,1-2H3. The third kappa shape index (κ3) is 2.53. The number of ether oxygens (including phenoxy) is 4. The molecular formula is C13H12BrN3O5. The molecule has 3 rings (SSSR count). The van der Waals surface area contributed by atoms with Crippen LogP contribution in [-0.4, -0.2) is 41.3 Å². The number of rotatable bonds is 4. The van der Waals surface area contributed by atoms with E-state index in [4.69, 9.17) is 18.9 Å². The number of hydrogen-bond donors (Lipinski definition) is 1. The fraction of sp³-hybridized carbons (Fsp3) is 0.308. The van der Waals surface area contributed by atoms with Gasteiger partial charge in [0.1, 0.15) is 6.10 Å². The first-order valence-electron chi connectivity index (χ1n) is 6.23. The van der Waals surface area contributed by atoms with Crippen molar-refractivity contribution >= 4 is 15.9 Å². The first kappa shape index (κ1) is 14.8. The Hall–Kier alpha value is -2.13. The lowest BCUT2D eigenvalue weighted by molar-refractivity contribution is 0.173. The highest BCUT2D eigenvalue weighted by molar-refractivity contribution is 9.10.